The van der Waals surface area contributed by atoms with E-state index in [4.69, 9.17) is 0 Å². The number of hydrogen-bond donors (Lipinski definition) is 0. The Bertz CT molecular complexity index is 908. The Labute approximate surface area is 190 Å². The van der Waals surface area contributed by atoms with Crippen molar-refractivity contribution in [1.82, 2.24) is 0 Å². The third kappa shape index (κ3) is 4.95. The van der Waals surface area contributed by atoms with Gasteiger partial charge in [0.25, 0.3) is 0 Å². The number of nitrogens with zero attached hydrogens (tertiary/aromatic N) is 2. The standard InChI is InChI=1S/C29H41N2/c1-20(2)24-13-11-14-25(21(3)4)28(24)30-17-9-10-18-31(19-30)29-26(22(5)6)15-12-16-27(29)23(7)8/h9-16,19-23H,17-18H2,1-8H3/q+1. The topological polar surface area (TPSA) is 6.25 Å². The Kier molecular flexibility index (Phi) is 7.41. The second-order valence-corrected chi connectivity index (χ2v) is 10.1. The lowest BCUT2D eigenvalue weighted by Crippen LogP contribution is -2.28. The summed E-state index contributed by atoms with van der Waals surface area (Å²) in [6.45, 7) is 20.2. The zero-order valence-corrected chi connectivity index (χ0v) is 20.8. The summed E-state index contributed by atoms with van der Waals surface area (Å²) in [5.41, 5.74) is 8.49. The van der Waals surface area contributed by atoms with Crippen molar-refractivity contribution in [3.05, 3.63) is 70.8 Å². The Morgan fingerprint density at radius 3 is 1.55 bits per heavy atom. The van der Waals surface area contributed by atoms with Crippen molar-refractivity contribution in [1.29, 1.82) is 0 Å². The zero-order chi connectivity index (χ0) is 22.7. The molecule has 0 bridgehead atoms. The third-order valence-electron chi connectivity index (χ3n) is 6.31. The van der Waals surface area contributed by atoms with Gasteiger partial charge in [-0.1, -0.05) is 91.8 Å². The molecule has 2 aromatic carbocycles. The van der Waals surface area contributed by atoms with Crippen LogP contribution in [-0.2, 0) is 0 Å². The zero-order valence-electron chi connectivity index (χ0n) is 20.8. The minimum atomic E-state index is 0.483. The van der Waals surface area contributed by atoms with Crippen LogP contribution in [0.3, 0.4) is 0 Å². The molecule has 0 aromatic heterocycles. The number of anilines is 1. The fraction of sp³-hybridized carbons (Fsp3) is 0.483. The van der Waals surface area contributed by atoms with Gasteiger partial charge in [-0.05, 0) is 35.8 Å². The van der Waals surface area contributed by atoms with E-state index in [0.717, 1.165) is 13.1 Å². The molecule has 2 aromatic rings. The fourth-order valence-electron chi connectivity index (χ4n) is 4.62. The predicted octanol–water partition coefficient (Wildman–Crippen LogP) is 7.93. The normalized spacial score (nSPS) is 14.7. The van der Waals surface area contributed by atoms with Crippen LogP contribution in [0.4, 0.5) is 11.4 Å². The van der Waals surface area contributed by atoms with E-state index in [0.29, 0.717) is 23.7 Å². The molecule has 166 valence electrons. The van der Waals surface area contributed by atoms with E-state index >= 15 is 0 Å². The average molecular weight is 418 g/mol. The quantitative estimate of drug-likeness (QED) is 0.341. The van der Waals surface area contributed by atoms with Gasteiger partial charge in [-0.2, -0.15) is 0 Å². The van der Waals surface area contributed by atoms with Crippen molar-refractivity contribution < 1.29 is 4.58 Å². The molecule has 0 radical (unpaired) electrons. The number of hydrogen-bond acceptors (Lipinski definition) is 1. The number of para-hydroxylation sites is 2. The molecule has 0 aliphatic carbocycles. The highest BCUT2D eigenvalue weighted by Crippen LogP contribution is 2.37. The predicted molar refractivity (Wildman–Crippen MR) is 137 cm³/mol. The van der Waals surface area contributed by atoms with E-state index in [1.54, 1.807) is 0 Å². The maximum absolute atomic E-state index is 2.48. The molecule has 0 unspecified atom stereocenters. The summed E-state index contributed by atoms with van der Waals surface area (Å²) in [4.78, 5) is 2.48. The smallest absolute Gasteiger partial charge is 0.230 e. The highest BCUT2D eigenvalue weighted by Gasteiger charge is 2.27. The summed E-state index contributed by atoms with van der Waals surface area (Å²) >= 11 is 0. The van der Waals surface area contributed by atoms with E-state index in [1.807, 2.05) is 0 Å². The van der Waals surface area contributed by atoms with Crippen molar-refractivity contribution in [3.63, 3.8) is 0 Å². The van der Waals surface area contributed by atoms with Crippen LogP contribution in [0, 0.1) is 0 Å². The minimum Gasteiger partial charge on any atom is -0.230 e. The summed E-state index contributed by atoms with van der Waals surface area (Å²) in [6, 6.07) is 13.7. The first-order valence-electron chi connectivity index (χ1n) is 12.0. The van der Waals surface area contributed by atoms with Crippen LogP contribution in [-0.4, -0.2) is 24.0 Å². The number of rotatable bonds is 6. The van der Waals surface area contributed by atoms with Crippen molar-refractivity contribution in [2.45, 2.75) is 79.1 Å². The molecular formula is C29H41N2+. The molecule has 1 aliphatic heterocycles. The van der Waals surface area contributed by atoms with Crippen LogP contribution < -0.4 is 4.90 Å². The lowest BCUT2D eigenvalue weighted by molar-refractivity contribution is -0.425. The molecule has 0 amide bonds. The van der Waals surface area contributed by atoms with E-state index in [1.165, 1.54) is 33.6 Å². The van der Waals surface area contributed by atoms with Crippen LogP contribution in [0.1, 0.15) is 101 Å². The van der Waals surface area contributed by atoms with Crippen molar-refractivity contribution >= 4 is 17.7 Å². The van der Waals surface area contributed by atoms with E-state index in [2.05, 4.69) is 120 Å². The molecule has 1 heterocycles. The molecule has 2 nitrogen and oxygen atoms in total. The molecule has 0 N–H and O–H groups in total. The van der Waals surface area contributed by atoms with Crippen LogP contribution in [0.25, 0.3) is 0 Å². The van der Waals surface area contributed by atoms with Gasteiger partial charge in [0.1, 0.15) is 24.5 Å². The number of benzene rings is 2. The Morgan fingerprint density at radius 2 is 1.10 bits per heavy atom. The minimum absolute atomic E-state index is 0.483. The van der Waals surface area contributed by atoms with Crippen LogP contribution >= 0.6 is 0 Å². The van der Waals surface area contributed by atoms with Crippen molar-refractivity contribution in [2.24, 2.45) is 0 Å². The lowest BCUT2D eigenvalue weighted by Gasteiger charge is -2.24. The van der Waals surface area contributed by atoms with Crippen LogP contribution in [0.5, 0.6) is 0 Å². The second kappa shape index (κ2) is 9.85. The highest BCUT2D eigenvalue weighted by atomic mass is 15.2. The van der Waals surface area contributed by atoms with E-state index < -0.39 is 0 Å². The van der Waals surface area contributed by atoms with Gasteiger partial charge in [-0.15, -0.1) is 0 Å². The lowest BCUT2D eigenvalue weighted by atomic mass is 9.92. The maximum Gasteiger partial charge on any atom is 0.245 e. The van der Waals surface area contributed by atoms with Gasteiger partial charge in [0, 0.05) is 22.3 Å². The van der Waals surface area contributed by atoms with Gasteiger partial charge in [-0.25, -0.2) is 9.48 Å². The van der Waals surface area contributed by atoms with Gasteiger partial charge in [0.15, 0.2) is 0 Å². The van der Waals surface area contributed by atoms with Gasteiger partial charge in [0.2, 0.25) is 6.34 Å². The summed E-state index contributed by atoms with van der Waals surface area (Å²) in [5, 5.41) is 0. The molecule has 31 heavy (non-hydrogen) atoms. The Morgan fingerprint density at radius 1 is 0.645 bits per heavy atom. The maximum atomic E-state index is 2.48. The largest absolute Gasteiger partial charge is 0.245 e. The van der Waals surface area contributed by atoms with Gasteiger partial charge >= 0.3 is 0 Å². The Balaban J connectivity index is 2.25. The van der Waals surface area contributed by atoms with E-state index in [-0.39, 0.29) is 0 Å². The molecule has 0 spiro atoms. The Hall–Kier alpha value is -2.35. The molecule has 1 aliphatic rings. The molecule has 3 rings (SSSR count). The molecule has 0 atom stereocenters. The molecule has 0 saturated heterocycles. The van der Waals surface area contributed by atoms with Gasteiger partial charge in [-0.3, -0.25) is 0 Å². The van der Waals surface area contributed by atoms with Gasteiger partial charge < -0.3 is 0 Å². The fourth-order valence-corrected chi connectivity index (χ4v) is 4.62. The summed E-state index contributed by atoms with van der Waals surface area (Å²) in [7, 11) is 0. The van der Waals surface area contributed by atoms with Crippen molar-refractivity contribution in [3.8, 4) is 0 Å². The first-order valence-corrected chi connectivity index (χ1v) is 12.0. The van der Waals surface area contributed by atoms with E-state index in [9.17, 15) is 0 Å². The van der Waals surface area contributed by atoms with Crippen LogP contribution in [0.2, 0.25) is 0 Å². The molecule has 2 heteroatoms. The first-order chi connectivity index (χ1) is 14.7. The third-order valence-corrected chi connectivity index (χ3v) is 6.31. The first kappa shape index (κ1) is 23.3. The van der Waals surface area contributed by atoms with Gasteiger partial charge in [0.05, 0.1) is 0 Å². The average Bonchev–Trinajstić information content (AvgIpc) is 2.98. The summed E-state index contributed by atoms with van der Waals surface area (Å²) < 4.78 is 2.48. The summed E-state index contributed by atoms with van der Waals surface area (Å²) in [5.74, 6) is 1.93. The molecule has 0 fully saturated rings. The monoisotopic (exact) mass is 417 g/mol. The van der Waals surface area contributed by atoms with Crippen molar-refractivity contribution in [2.75, 3.05) is 18.0 Å². The SMILES string of the molecule is CC(C)c1cccc(C(C)C)c1N1C=[N+](c2c(C(C)C)cccc2C(C)C)CC=CC1. The van der Waals surface area contributed by atoms with Crippen LogP contribution in [0.15, 0.2) is 48.6 Å². The second-order valence-electron chi connectivity index (χ2n) is 10.1. The molecule has 0 saturated carbocycles. The molecular weight excluding hydrogens is 376 g/mol. The highest BCUT2D eigenvalue weighted by molar-refractivity contribution is 5.82. The summed E-state index contributed by atoms with van der Waals surface area (Å²) in [6.07, 6.45) is 7.02.